The quantitative estimate of drug-likeness (QED) is 0.632. The third-order valence-electron chi connectivity index (χ3n) is 4.68. The first kappa shape index (κ1) is 16.2. The number of hydrogen-bond donors (Lipinski definition) is 2. The van der Waals surface area contributed by atoms with Crippen molar-refractivity contribution in [2.45, 2.75) is 63.7 Å². The molecule has 0 aliphatic heterocycles. The average molecular weight is 284 g/mol. The summed E-state index contributed by atoms with van der Waals surface area (Å²) in [5, 5.41) is 13.2. The van der Waals surface area contributed by atoms with Crippen LogP contribution >= 0.6 is 0 Å². The van der Waals surface area contributed by atoms with Gasteiger partial charge in [0.2, 0.25) is 0 Å². The maximum absolute atomic E-state index is 9.92. The Hall–Kier alpha value is -0.160. The Morgan fingerprint density at radius 2 is 1.90 bits per heavy atom. The van der Waals surface area contributed by atoms with Gasteiger partial charge in [-0.1, -0.05) is 6.92 Å². The van der Waals surface area contributed by atoms with E-state index >= 15 is 0 Å². The van der Waals surface area contributed by atoms with E-state index in [2.05, 4.69) is 24.2 Å². The molecule has 2 aliphatic rings. The van der Waals surface area contributed by atoms with E-state index in [-0.39, 0.29) is 6.10 Å². The molecule has 0 heterocycles. The van der Waals surface area contributed by atoms with Crippen molar-refractivity contribution in [1.82, 2.24) is 10.2 Å². The lowest BCUT2D eigenvalue weighted by atomic mass is 9.89. The second kappa shape index (κ2) is 8.32. The second-order valence-corrected chi connectivity index (χ2v) is 6.78. The molecule has 1 atom stereocenters. The Morgan fingerprint density at radius 3 is 2.55 bits per heavy atom. The maximum atomic E-state index is 9.92. The van der Waals surface area contributed by atoms with Crippen LogP contribution < -0.4 is 5.32 Å². The number of ether oxygens (including phenoxy) is 1. The minimum atomic E-state index is -0.374. The van der Waals surface area contributed by atoms with Crippen LogP contribution in [0.5, 0.6) is 0 Å². The summed E-state index contributed by atoms with van der Waals surface area (Å²) >= 11 is 0. The van der Waals surface area contributed by atoms with Gasteiger partial charge in [-0.25, -0.2) is 0 Å². The summed E-state index contributed by atoms with van der Waals surface area (Å²) in [7, 11) is 2.18. The van der Waals surface area contributed by atoms with Crippen molar-refractivity contribution >= 4 is 0 Å². The molecule has 4 nitrogen and oxygen atoms in total. The van der Waals surface area contributed by atoms with Crippen LogP contribution in [0.25, 0.3) is 0 Å². The SMILES string of the molecule is CC1CCC(OCC(O)CNCCN(C)C2CC2)CC1. The highest BCUT2D eigenvalue weighted by molar-refractivity contribution is 4.82. The number of likely N-dealkylation sites (N-methyl/N-ethyl adjacent to an activating group) is 1. The molecule has 0 aromatic carbocycles. The third kappa shape index (κ3) is 6.08. The first-order valence-corrected chi connectivity index (χ1v) is 8.35. The molecule has 2 saturated carbocycles. The van der Waals surface area contributed by atoms with Crippen molar-refractivity contribution < 1.29 is 9.84 Å². The van der Waals surface area contributed by atoms with Crippen molar-refractivity contribution in [1.29, 1.82) is 0 Å². The van der Waals surface area contributed by atoms with Gasteiger partial charge in [0.05, 0.1) is 18.8 Å². The summed E-state index contributed by atoms with van der Waals surface area (Å²) in [5.41, 5.74) is 0. The number of rotatable bonds is 9. The molecule has 2 fully saturated rings. The van der Waals surface area contributed by atoms with E-state index in [9.17, 15) is 5.11 Å². The first-order valence-electron chi connectivity index (χ1n) is 8.35. The fourth-order valence-corrected chi connectivity index (χ4v) is 2.92. The molecule has 0 bridgehead atoms. The van der Waals surface area contributed by atoms with Crippen LogP contribution in [0.1, 0.15) is 45.4 Å². The summed E-state index contributed by atoms with van der Waals surface area (Å²) in [6.45, 7) is 5.45. The molecule has 0 radical (unpaired) electrons. The minimum absolute atomic E-state index is 0.374. The molecule has 2 N–H and O–H groups in total. The number of aliphatic hydroxyl groups excluding tert-OH is 1. The number of hydrogen-bond acceptors (Lipinski definition) is 4. The van der Waals surface area contributed by atoms with Gasteiger partial charge in [-0.3, -0.25) is 0 Å². The van der Waals surface area contributed by atoms with Gasteiger partial charge in [0.25, 0.3) is 0 Å². The van der Waals surface area contributed by atoms with Crippen LogP contribution in [-0.4, -0.2) is 61.5 Å². The Bertz CT molecular complexity index is 263. The molecule has 0 aromatic rings. The molecule has 0 amide bonds. The van der Waals surface area contributed by atoms with Crippen LogP contribution in [0, 0.1) is 5.92 Å². The van der Waals surface area contributed by atoms with Gasteiger partial charge in [0, 0.05) is 25.7 Å². The fraction of sp³-hybridized carbons (Fsp3) is 1.00. The highest BCUT2D eigenvalue weighted by atomic mass is 16.5. The lowest BCUT2D eigenvalue weighted by Gasteiger charge is -2.27. The predicted molar refractivity (Wildman–Crippen MR) is 81.9 cm³/mol. The second-order valence-electron chi connectivity index (χ2n) is 6.78. The van der Waals surface area contributed by atoms with Crippen molar-refractivity contribution in [3.63, 3.8) is 0 Å². The van der Waals surface area contributed by atoms with Crippen molar-refractivity contribution in [3.8, 4) is 0 Å². The Balaban J connectivity index is 1.44. The molecule has 2 rings (SSSR count). The molecule has 1 unspecified atom stereocenters. The summed E-state index contributed by atoms with van der Waals surface area (Å²) in [6.07, 6.45) is 7.57. The zero-order chi connectivity index (χ0) is 14.4. The van der Waals surface area contributed by atoms with E-state index in [0.717, 1.165) is 37.9 Å². The molecule has 0 saturated heterocycles. The van der Waals surface area contributed by atoms with Crippen molar-refractivity contribution in [2.24, 2.45) is 5.92 Å². The Labute approximate surface area is 123 Å². The normalized spacial score (nSPS) is 28.8. The number of nitrogens with zero attached hydrogens (tertiary/aromatic N) is 1. The number of aliphatic hydroxyl groups is 1. The van der Waals surface area contributed by atoms with E-state index in [4.69, 9.17) is 4.74 Å². The molecule has 2 aliphatic carbocycles. The fourth-order valence-electron chi connectivity index (χ4n) is 2.92. The van der Waals surface area contributed by atoms with Crippen LogP contribution in [0.3, 0.4) is 0 Å². The van der Waals surface area contributed by atoms with E-state index < -0.39 is 0 Å². The summed E-state index contributed by atoms with van der Waals surface area (Å²) < 4.78 is 5.82. The standard InChI is InChI=1S/C16H32N2O2/c1-13-3-7-16(8-4-13)20-12-15(19)11-17-9-10-18(2)14-5-6-14/h13-17,19H,3-12H2,1-2H3. The molecule has 0 spiro atoms. The Kier molecular flexibility index (Phi) is 6.75. The predicted octanol–water partition coefficient (Wildman–Crippen LogP) is 1.63. The van der Waals surface area contributed by atoms with Gasteiger partial charge in [0.15, 0.2) is 0 Å². The molecule has 0 aromatic heterocycles. The molecule has 20 heavy (non-hydrogen) atoms. The zero-order valence-corrected chi connectivity index (χ0v) is 13.2. The van der Waals surface area contributed by atoms with Gasteiger partial charge in [-0.2, -0.15) is 0 Å². The lowest BCUT2D eigenvalue weighted by molar-refractivity contribution is -0.0278. The highest BCUT2D eigenvalue weighted by Gasteiger charge is 2.25. The van der Waals surface area contributed by atoms with Crippen LogP contribution in [0.4, 0.5) is 0 Å². The maximum Gasteiger partial charge on any atom is 0.0897 e. The summed E-state index contributed by atoms with van der Waals surface area (Å²) in [4.78, 5) is 2.40. The monoisotopic (exact) mass is 284 g/mol. The molecular formula is C16H32N2O2. The van der Waals surface area contributed by atoms with E-state index in [1.54, 1.807) is 0 Å². The van der Waals surface area contributed by atoms with E-state index in [0.29, 0.717) is 19.3 Å². The van der Waals surface area contributed by atoms with Gasteiger partial charge in [-0.15, -0.1) is 0 Å². The van der Waals surface area contributed by atoms with Gasteiger partial charge < -0.3 is 20.1 Å². The summed E-state index contributed by atoms with van der Waals surface area (Å²) in [6, 6.07) is 0.818. The zero-order valence-electron chi connectivity index (χ0n) is 13.2. The van der Waals surface area contributed by atoms with Crippen LogP contribution in [-0.2, 0) is 4.74 Å². The third-order valence-corrected chi connectivity index (χ3v) is 4.68. The molecule has 4 heteroatoms. The average Bonchev–Trinajstić information content (AvgIpc) is 3.27. The lowest BCUT2D eigenvalue weighted by Crippen LogP contribution is -2.37. The van der Waals surface area contributed by atoms with Gasteiger partial charge in [-0.05, 0) is 51.5 Å². The van der Waals surface area contributed by atoms with Crippen molar-refractivity contribution in [2.75, 3.05) is 33.3 Å². The number of nitrogens with one attached hydrogen (secondary N) is 1. The minimum Gasteiger partial charge on any atom is -0.389 e. The van der Waals surface area contributed by atoms with Gasteiger partial charge in [0.1, 0.15) is 0 Å². The molecular weight excluding hydrogens is 252 g/mol. The largest absolute Gasteiger partial charge is 0.389 e. The highest BCUT2D eigenvalue weighted by Crippen LogP contribution is 2.25. The van der Waals surface area contributed by atoms with E-state index in [1.807, 2.05) is 0 Å². The van der Waals surface area contributed by atoms with Crippen LogP contribution in [0.15, 0.2) is 0 Å². The first-order chi connectivity index (χ1) is 9.65. The smallest absolute Gasteiger partial charge is 0.0897 e. The topological polar surface area (TPSA) is 44.7 Å². The van der Waals surface area contributed by atoms with Gasteiger partial charge >= 0.3 is 0 Å². The van der Waals surface area contributed by atoms with Crippen molar-refractivity contribution in [3.05, 3.63) is 0 Å². The van der Waals surface area contributed by atoms with Crippen LogP contribution in [0.2, 0.25) is 0 Å². The Morgan fingerprint density at radius 1 is 1.20 bits per heavy atom. The van der Waals surface area contributed by atoms with E-state index in [1.165, 1.54) is 25.7 Å². The summed E-state index contributed by atoms with van der Waals surface area (Å²) in [5.74, 6) is 0.852. The molecule has 118 valence electrons.